The van der Waals surface area contributed by atoms with E-state index in [0.29, 0.717) is 35.9 Å². The Morgan fingerprint density at radius 1 is 1.25 bits per heavy atom. The van der Waals surface area contributed by atoms with Crippen LogP contribution in [-0.2, 0) is 0 Å². The molecule has 1 aromatic rings. The SMILES string of the molecule is C[C@@H](Nc1cc(Cl)nc(C2CC2)n1)C1CCN(CC(F)(F)F)CC1. The number of aromatic nitrogens is 2. The molecule has 4 nitrogen and oxygen atoms in total. The molecule has 3 rings (SSSR count). The molecule has 0 unspecified atom stereocenters. The minimum Gasteiger partial charge on any atom is -0.367 e. The zero-order valence-corrected chi connectivity index (χ0v) is 14.4. The normalized spacial score (nSPS) is 21.7. The van der Waals surface area contributed by atoms with E-state index in [9.17, 15) is 13.2 Å². The summed E-state index contributed by atoms with van der Waals surface area (Å²) < 4.78 is 37.3. The van der Waals surface area contributed by atoms with Crippen molar-refractivity contribution < 1.29 is 13.2 Å². The summed E-state index contributed by atoms with van der Waals surface area (Å²) in [4.78, 5) is 10.3. The van der Waals surface area contributed by atoms with Gasteiger partial charge in [-0.3, -0.25) is 4.90 Å². The first-order valence-corrected chi connectivity index (χ1v) is 8.78. The quantitative estimate of drug-likeness (QED) is 0.801. The van der Waals surface area contributed by atoms with Crippen LogP contribution in [0.5, 0.6) is 0 Å². The molecule has 0 amide bonds. The van der Waals surface area contributed by atoms with Gasteiger partial charge in [0, 0.05) is 18.0 Å². The number of likely N-dealkylation sites (tertiary alicyclic amines) is 1. The molecule has 2 fully saturated rings. The summed E-state index contributed by atoms with van der Waals surface area (Å²) in [5, 5.41) is 3.79. The second kappa shape index (κ2) is 7.04. The maximum absolute atomic E-state index is 12.4. The summed E-state index contributed by atoms with van der Waals surface area (Å²) >= 11 is 6.07. The van der Waals surface area contributed by atoms with Crippen LogP contribution >= 0.6 is 11.6 Å². The van der Waals surface area contributed by atoms with Crippen LogP contribution < -0.4 is 5.32 Å². The summed E-state index contributed by atoms with van der Waals surface area (Å²) in [7, 11) is 0. The lowest BCUT2D eigenvalue weighted by atomic mass is 9.90. The molecule has 1 aliphatic carbocycles. The maximum Gasteiger partial charge on any atom is 0.401 e. The van der Waals surface area contributed by atoms with Crippen LogP contribution in [0, 0.1) is 5.92 Å². The van der Waals surface area contributed by atoms with Crippen molar-refractivity contribution in [1.29, 1.82) is 0 Å². The first-order valence-electron chi connectivity index (χ1n) is 8.40. The number of rotatable bonds is 5. The lowest BCUT2D eigenvalue weighted by Gasteiger charge is -2.35. The van der Waals surface area contributed by atoms with E-state index in [4.69, 9.17) is 11.6 Å². The van der Waals surface area contributed by atoms with E-state index in [2.05, 4.69) is 22.2 Å². The van der Waals surface area contributed by atoms with Crippen LogP contribution in [0.2, 0.25) is 5.15 Å². The molecule has 0 aromatic carbocycles. The number of nitrogens with zero attached hydrogens (tertiary/aromatic N) is 3. The standard InChI is InChI=1S/C16H22ClF3N4/c1-10(11-4-6-24(7-5-11)9-16(18,19)20)21-14-8-13(17)22-15(23-14)12-2-3-12/h8,10-12H,2-7,9H2,1H3,(H,21,22,23)/t10-/m1/s1. The topological polar surface area (TPSA) is 41.1 Å². The second-order valence-corrected chi connectivity index (χ2v) is 7.26. The average Bonchev–Trinajstić information content (AvgIpc) is 3.30. The molecule has 134 valence electrons. The third-order valence-electron chi connectivity index (χ3n) is 4.77. The number of nitrogens with one attached hydrogen (secondary N) is 1. The van der Waals surface area contributed by atoms with E-state index in [1.807, 2.05) is 0 Å². The minimum atomic E-state index is -4.12. The zero-order valence-electron chi connectivity index (χ0n) is 13.6. The van der Waals surface area contributed by atoms with Crippen molar-refractivity contribution in [3.63, 3.8) is 0 Å². The molecule has 0 bridgehead atoms. The van der Waals surface area contributed by atoms with Gasteiger partial charge in [0.05, 0.1) is 6.54 Å². The number of halogens is 4. The molecule has 1 N–H and O–H groups in total. The summed E-state index contributed by atoms with van der Waals surface area (Å²) in [6.07, 6.45) is -0.412. The van der Waals surface area contributed by atoms with Crippen molar-refractivity contribution in [1.82, 2.24) is 14.9 Å². The smallest absolute Gasteiger partial charge is 0.367 e. The van der Waals surface area contributed by atoms with Gasteiger partial charge in [0.25, 0.3) is 0 Å². The minimum absolute atomic E-state index is 0.135. The fourth-order valence-corrected chi connectivity index (χ4v) is 3.44. The maximum atomic E-state index is 12.4. The third-order valence-corrected chi connectivity index (χ3v) is 4.97. The predicted octanol–water partition coefficient (Wildman–Crippen LogP) is 4.08. The zero-order chi connectivity index (χ0) is 17.3. The van der Waals surface area contributed by atoms with Crippen molar-refractivity contribution in [2.45, 2.75) is 50.7 Å². The van der Waals surface area contributed by atoms with Crippen molar-refractivity contribution in [2.75, 3.05) is 25.0 Å². The molecule has 0 radical (unpaired) electrons. The van der Waals surface area contributed by atoms with E-state index in [1.165, 1.54) is 4.90 Å². The van der Waals surface area contributed by atoms with Crippen molar-refractivity contribution in [3.8, 4) is 0 Å². The van der Waals surface area contributed by atoms with Crippen molar-refractivity contribution in [3.05, 3.63) is 17.0 Å². The monoisotopic (exact) mass is 362 g/mol. The van der Waals surface area contributed by atoms with E-state index in [-0.39, 0.29) is 6.04 Å². The molecule has 1 atom stereocenters. The molecular weight excluding hydrogens is 341 g/mol. The number of alkyl halides is 3. The van der Waals surface area contributed by atoms with Gasteiger partial charge in [-0.15, -0.1) is 0 Å². The third kappa shape index (κ3) is 4.96. The molecule has 8 heteroatoms. The molecule has 1 saturated carbocycles. The van der Waals surface area contributed by atoms with Gasteiger partial charge in [-0.2, -0.15) is 13.2 Å². The van der Waals surface area contributed by atoms with Crippen LogP contribution in [0.15, 0.2) is 6.07 Å². The molecular formula is C16H22ClF3N4. The highest BCUT2D eigenvalue weighted by Gasteiger charge is 2.33. The van der Waals surface area contributed by atoms with Gasteiger partial charge < -0.3 is 5.32 Å². The molecule has 2 heterocycles. The van der Waals surface area contributed by atoms with Gasteiger partial charge in [-0.05, 0) is 51.6 Å². The Morgan fingerprint density at radius 2 is 1.92 bits per heavy atom. The van der Waals surface area contributed by atoms with Crippen LogP contribution in [0.4, 0.5) is 19.0 Å². The van der Waals surface area contributed by atoms with Crippen LogP contribution in [-0.4, -0.2) is 46.7 Å². The second-order valence-electron chi connectivity index (χ2n) is 6.87. The molecule has 24 heavy (non-hydrogen) atoms. The fraction of sp³-hybridized carbons (Fsp3) is 0.750. The lowest BCUT2D eigenvalue weighted by molar-refractivity contribution is -0.148. The fourth-order valence-electron chi connectivity index (χ4n) is 3.25. The number of piperidine rings is 1. The summed E-state index contributed by atoms with van der Waals surface area (Å²) in [5.41, 5.74) is 0. The number of hydrogen-bond donors (Lipinski definition) is 1. The van der Waals surface area contributed by atoms with E-state index < -0.39 is 12.7 Å². The molecule has 2 aliphatic rings. The Labute approximate surface area is 144 Å². The summed E-state index contributed by atoms with van der Waals surface area (Å²) in [6, 6.07) is 1.85. The van der Waals surface area contributed by atoms with Crippen molar-refractivity contribution >= 4 is 17.4 Å². The van der Waals surface area contributed by atoms with Crippen LogP contribution in [0.3, 0.4) is 0 Å². The Hall–Kier alpha value is -1.08. The van der Waals surface area contributed by atoms with Gasteiger partial charge in [0.1, 0.15) is 16.8 Å². The molecule has 1 aromatic heterocycles. The molecule has 0 spiro atoms. The first kappa shape index (κ1) is 17.7. The van der Waals surface area contributed by atoms with E-state index in [1.54, 1.807) is 6.07 Å². The van der Waals surface area contributed by atoms with Crippen molar-refractivity contribution in [2.24, 2.45) is 5.92 Å². The lowest BCUT2D eigenvalue weighted by Crippen LogP contribution is -2.43. The Balaban J connectivity index is 1.53. The predicted molar refractivity (Wildman–Crippen MR) is 87.3 cm³/mol. The highest BCUT2D eigenvalue weighted by Crippen LogP contribution is 2.39. The van der Waals surface area contributed by atoms with E-state index in [0.717, 1.165) is 31.5 Å². The van der Waals surface area contributed by atoms with Gasteiger partial charge >= 0.3 is 6.18 Å². The summed E-state index contributed by atoms with van der Waals surface area (Å²) in [5.74, 6) is 2.25. The average molecular weight is 363 g/mol. The molecule has 1 aliphatic heterocycles. The van der Waals surface area contributed by atoms with Gasteiger partial charge in [-0.1, -0.05) is 11.6 Å². The highest BCUT2D eigenvalue weighted by molar-refractivity contribution is 6.29. The Kier molecular flexibility index (Phi) is 5.20. The van der Waals surface area contributed by atoms with Crippen LogP contribution in [0.25, 0.3) is 0 Å². The van der Waals surface area contributed by atoms with E-state index >= 15 is 0 Å². The van der Waals surface area contributed by atoms with Gasteiger partial charge in [-0.25, -0.2) is 9.97 Å². The van der Waals surface area contributed by atoms with Gasteiger partial charge in [0.15, 0.2) is 0 Å². The first-order chi connectivity index (χ1) is 11.3. The van der Waals surface area contributed by atoms with Gasteiger partial charge in [0.2, 0.25) is 0 Å². The number of hydrogen-bond acceptors (Lipinski definition) is 4. The Morgan fingerprint density at radius 3 is 2.50 bits per heavy atom. The molecule has 1 saturated heterocycles. The highest BCUT2D eigenvalue weighted by atomic mass is 35.5. The summed E-state index contributed by atoms with van der Waals surface area (Å²) in [6.45, 7) is 2.20. The Bertz CT molecular complexity index is 569. The van der Waals surface area contributed by atoms with Crippen LogP contribution in [0.1, 0.15) is 44.3 Å². The largest absolute Gasteiger partial charge is 0.401 e. The number of anilines is 1.